The summed E-state index contributed by atoms with van der Waals surface area (Å²) < 4.78 is 1.64. The highest BCUT2D eigenvalue weighted by Gasteiger charge is 2.30. The van der Waals surface area contributed by atoms with Gasteiger partial charge in [0, 0.05) is 17.5 Å². The molecule has 3 rings (SSSR count). The summed E-state index contributed by atoms with van der Waals surface area (Å²) in [6.45, 7) is 8.99. The zero-order valence-electron chi connectivity index (χ0n) is 20.8. The van der Waals surface area contributed by atoms with E-state index in [1.807, 2.05) is 42.2 Å². The van der Waals surface area contributed by atoms with Crippen LogP contribution in [0.5, 0.6) is 0 Å². The van der Waals surface area contributed by atoms with E-state index in [0.29, 0.717) is 34.0 Å². The summed E-state index contributed by atoms with van der Waals surface area (Å²) in [4.78, 5) is 34.3. The average Bonchev–Trinajstić information content (AvgIpc) is 2.85. The first-order valence-electron chi connectivity index (χ1n) is 12.5. The van der Waals surface area contributed by atoms with Gasteiger partial charge in [-0.05, 0) is 62.6 Å². The number of hydrogen-bond acceptors (Lipinski definition) is 3. The summed E-state index contributed by atoms with van der Waals surface area (Å²) in [6, 6.07) is 14.2. The highest BCUT2D eigenvalue weighted by Crippen LogP contribution is 2.27. The Bertz CT molecular complexity index is 1160. The zero-order valence-corrected chi connectivity index (χ0v) is 21.5. The van der Waals surface area contributed by atoms with Crippen LogP contribution < -0.4 is 5.56 Å². The normalized spacial score (nSPS) is 13.1. The minimum Gasteiger partial charge on any atom is -0.333 e. The summed E-state index contributed by atoms with van der Waals surface area (Å²) in [6.07, 6.45) is 5.68. The molecule has 0 saturated carbocycles. The van der Waals surface area contributed by atoms with E-state index in [1.54, 1.807) is 22.8 Å². The van der Waals surface area contributed by atoms with E-state index in [-0.39, 0.29) is 23.4 Å². The number of unbranched alkanes of at least 4 members (excludes halogenated alkanes) is 2. The fraction of sp³-hybridized carbons (Fsp3) is 0.464. The number of hydrogen-bond donors (Lipinski definition) is 0. The Morgan fingerprint density at radius 1 is 1.03 bits per heavy atom. The number of benzene rings is 2. The van der Waals surface area contributed by atoms with E-state index in [9.17, 15) is 9.59 Å². The Morgan fingerprint density at radius 3 is 2.35 bits per heavy atom. The first-order chi connectivity index (χ1) is 16.4. The van der Waals surface area contributed by atoms with Crippen molar-refractivity contribution >= 4 is 28.4 Å². The van der Waals surface area contributed by atoms with Crippen LogP contribution in [-0.4, -0.2) is 26.9 Å². The summed E-state index contributed by atoms with van der Waals surface area (Å²) in [5.41, 5.74) is 1.19. The third-order valence-corrected chi connectivity index (χ3v) is 6.76. The lowest BCUT2D eigenvalue weighted by molar-refractivity contribution is -0.138. The van der Waals surface area contributed by atoms with E-state index in [4.69, 9.17) is 16.6 Å². The van der Waals surface area contributed by atoms with Gasteiger partial charge in [0.25, 0.3) is 5.56 Å². The van der Waals surface area contributed by atoms with Crippen molar-refractivity contribution in [1.82, 2.24) is 14.5 Å². The molecule has 3 aromatic rings. The molecule has 1 aromatic heterocycles. The van der Waals surface area contributed by atoms with Crippen molar-refractivity contribution < 1.29 is 4.79 Å². The second kappa shape index (κ2) is 12.2. The van der Waals surface area contributed by atoms with E-state index in [0.717, 1.165) is 38.5 Å². The van der Waals surface area contributed by atoms with Gasteiger partial charge in [-0.2, -0.15) is 0 Å². The molecular formula is C28H36ClN3O2. The Labute approximate surface area is 207 Å². The molecule has 0 N–H and O–H groups in total. The number of fused-ring (bicyclic) bond motifs is 1. The van der Waals surface area contributed by atoms with Crippen molar-refractivity contribution in [2.45, 2.75) is 72.3 Å². The summed E-state index contributed by atoms with van der Waals surface area (Å²) in [5.74, 6) is 0.707. The molecule has 0 aliphatic heterocycles. The molecule has 34 heavy (non-hydrogen) atoms. The SMILES string of the molecule is CCCCC(CC)C(=O)N(CCCC)C(C)c1nc2ccccc2c(=O)n1-c1ccc(Cl)cc1. The molecule has 0 bridgehead atoms. The van der Waals surface area contributed by atoms with E-state index in [1.165, 1.54) is 0 Å². The minimum absolute atomic E-state index is 0.0181. The molecule has 1 amide bonds. The van der Waals surface area contributed by atoms with Gasteiger partial charge in [-0.25, -0.2) is 4.98 Å². The zero-order chi connectivity index (χ0) is 24.7. The fourth-order valence-electron chi connectivity index (χ4n) is 4.42. The molecular weight excluding hydrogens is 446 g/mol. The molecule has 6 heteroatoms. The molecule has 5 nitrogen and oxygen atoms in total. The molecule has 0 aliphatic carbocycles. The van der Waals surface area contributed by atoms with Crippen molar-refractivity contribution in [3.05, 3.63) is 69.7 Å². The maximum atomic E-state index is 13.7. The lowest BCUT2D eigenvalue weighted by atomic mass is 9.96. The minimum atomic E-state index is -0.359. The Kier molecular flexibility index (Phi) is 9.28. The van der Waals surface area contributed by atoms with Gasteiger partial charge < -0.3 is 4.90 Å². The monoisotopic (exact) mass is 481 g/mol. The Balaban J connectivity index is 2.16. The van der Waals surface area contributed by atoms with Crippen molar-refractivity contribution in [3.8, 4) is 5.69 Å². The number of carbonyl (C=O) groups excluding carboxylic acids is 1. The number of halogens is 1. The molecule has 1 heterocycles. The van der Waals surface area contributed by atoms with Crippen molar-refractivity contribution in [2.24, 2.45) is 5.92 Å². The number of nitrogens with zero attached hydrogens (tertiary/aromatic N) is 3. The molecule has 2 aromatic carbocycles. The number of rotatable bonds is 11. The fourth-order valence-corrected chi connectivity index (χ4v) is 4.55. The maximum Gasteiger partial charge on any atom is 0.266 e. The Hall–Kier alpha value is -2.66. The standard InChI is InChI=1S/C28H36ClN3O2/c1-5-8-12-21(7-3)27(33)31(19-9-6-2)20(4)26-30-25-14-11-10-13-24(25)28(34)32(26)23-17-15-22(29)16-18-23/h10-11,13-18,20-21H,5-9,12,19H2,1-4H3. The van der Waals surface area contributed by atoms with Crippen LogP contribution in [0.2, 0.25) is 5.02 Å². The van der Waals surface area contributed by atoms with Crippen LogP contribution in [0.1, 0.15) is 78.1 Å². The van der Waals surface area contributed by atoms with Gasteiger partial charge in [-0.3, -0.25) is 14.2 Å². The average molecular weight is 482 g/mol. The van der Waals surface area contributed by atoms with Crippen LogP contribution in [0.4, 0.5) is 0 Å². The highest BCUT2D eigenvalue weighted by molar-refractivity contribution is 6.30. The largest absolute Gasteiger partial charge is 0.333 e. The molecule has 182 valence electrons. The number of para-hydroxylation sites is 1. The van der Waals surface area contributed by atoms with Gasteiger partial charge in [-0.15, -0.1) is 0 Å². The first-order valence-corrected chi connectivity index (χ1v) is 12.9. The lowest BCUT2D eigenvalue weighted by Gasteiger charge is -2.33. The third-order valence-electron chi connectivity index (χ3n) is 6.51. The molecule has 2 atom stereocenters. The van der Waals surface area contributed by atoms with Crippen LogP contribution in [0, 0.1) is 5.92 Å². The predicted molar refractivity (Wildman–Crippen MR) is 141 cm³/mol. The van der Waals surface area contributed by atoms with Crippen molar-refractivity contribution in [1.29, 1.82) is 0 Å². The van der Waals surface area contributed by atoms with Gasteiger partial charge in [0.05, 0.1) is 22.6 Å². The molecule has 0 radical (unpaired) electrons. The van der Waals surface area contributed by atoms with E-state index >= 15 is 0 Å². The van der Waals surface area contributed by atoms with Crippen LogP contribution in [0.3, 0.4) is 0 Å². The highest BCUT2D eigenvalue weighted by atomic mass is 35.5. The number of amides is 1. The lowest BCUT2D eigenvalue weighted by Crippen LogP contribution is -2.41. The first kappa shape index (κ1) is 26.0. The van der Waals surface area contributed by atoms with Gasteiger partial charge in [0.1, 0.15) is 5.82 Å². The van der Waals surface area contributed by atoms with E-state index in [2.05, 4.69) is 20.8 Å². The van der Waals surface area contributed by atoms with Gasteiger partial charge in [-0.1, -0.05) is 63.8 Å². The number of aromatic nitrogens is 2. The third kappa shape index (κ3) is 5.69. The van der Waals surface area contributed by atoms with Crippen LogP contribution in [0.25, 0.3) is 16.6 Å². The Morgan fingerprint density at radius 2 is 1.71 bits per heavy atom. The second-order valence-electron chi connectivity index (χ2n) is 8.91. The van der Waals surface area contributed by atoms with Crippen molar-refractivity contribution in [2.75, 3.05) is 6.54 Å². The second-order valence-corrected chi connectivity index (χ2v) is 9.35. The van der Waals surface area contributed by atoms with E-state index < -0.39 is 0 Å². The summed E-state index contributed by atoms with van der Waals surface area (Å²) in [5, 5.41) is 1.15. The van der Waals surface area contributed by atoms with Gasteiger partial charge in [0.15, 0.2) is 0 Å². The topological polar surface area (TPSA) is 55.2 Å². The maximum absolute atomic E-state index is 13.7. The van der Waals surface area contributed by atoms with Crippen molar-refractivity contribution in [3.63, 3.8) is 0 Å². The quantitative estimate of drug-likeness (QED) is 0.298. The number of carbonyl (C=O) groups is 1. The van der Waals surface area contributed by atoms with Gasteiger partial charge >= 0.3 is 0 Å². The van der Waals surface area contributed by atoms with Crippen LogP contribution >= 0.6 is 11.6 Å². The van der Waals surface area contributed by atoms with Crippen LogP contribution in [0.15, 0.2) is 53.3 Å². The molecule has 2 unspecified atom stereocenters. The van der Waals surface area contributed by atoms with Gasteiger partial charge in [0.2, 0.25) is 5.91 Å². The molecule has 0 aliphatic rings. The molecule has 0 fully saturated rings. The summed E-state index contributed by atoms with van der Waals surface area (Å²) in [7, 11) is 0. The molecule has 0 saturated heterocycles. The van der Waals surface area contributed by atoms with Crippen LogP contribution in [-0.2, 0) is 4.79 Å². The molecule has 0 spiro atoms. The smallest absolute Gasteiger partial charge is 0.266 e. The summed E-state index contributed by atoms with van der Waals surface area (Å²) >= 11 is 6.12. The predicted octanol–water partition coefficient (Wildman–Crippen LogP) is 6.95.